The SMILES string of the molecule is COc1ccc(OCCNC(=O)c2cccc3[nH]c(=O)[nH]c23)cc1. The van der Waals surface area contributed by atoms with Crippen LogP contribution < -0.4 is 20.5 Å². The van der Waals surface area contributed by atoms with E-state index >= 15 is 0 Å². The van der Waals surface area contributed by atoms with Gasteiger partial charge in [0.2, 0.25) is 0 Å². The van der Waals surface area contributed by atoms with Crippen LogP contribution in [-0.4, -0.2) is 36.1 Å². The average molecular weight is 327 g/mol. The van der Waals surface area contributed by atoms with E-state index in [0.717, 1.165) is 5.75 Å². The minimum atomic E-state index is -0.340. The van der Waals surface area contributed by atoms with E-state index in [1.807, 2.05) is 0 Å². The van der Waals surface area contributed by atoms with Crippen LogP contribution in [0.15, 0.2) is 47.3 Å². The van der Waals surface area contributed by atoms with Crippen molar-refractivity contribution in [1.82, 2.24) is 15.3 Å². The summed E-state index contributed by atoms with van der Waals surface area (Å²) in [6.45, 7) is 0.674. The molecule has 0 aliphatic rings. The summed E-state index contributed by atoms with van der Waals surface area (Å²) < 4.78 is 10.6. The van der Waals surface area contributed by atoms with Gasteiger partial charge in [-0.1, -0.05) is 6.07 Å². The molecule has 0 atom stereocenters. The summed E-state index contributed by atoms with van der Waals surface area (Å²) in [6, 6.07) is 12.3. The molecule has 124 valence electrons. The summed E-state index contributed by atoms with van der Waals surface area (Å²) in [5.41, 5.74) is 1.17. The van der Waals surface area contributed by atoms with Gasteiger partial charge >= 0.3 is 5.69 Å². The van der Waals surface area contributed by atoms with E-state index in [1.165, 1.54) is 0 Å². The van der Waals surface area contributed by atoms with Gasteiger partial charge in [-0.3, -0.25) is 4.79 Å². The number of hydrogen-bond acceptors (Lipinski definition) is 4. The lowest BCUT2D eigenvalue weighted by Gasteiger charge is -2.09. The minimum absolute atomic E-state index is 0.269. The van der Waals surface area contributed by atoms with Crippen molar-refractivity contribution < 1.29 is 14.3 Å². The van der Waals surface area contributed by atoms with Crippen molar-refractivity contribution in [3.63, 3.8) is 0 Å². The fraction of sp³-hybridized carbons (Fsp3) is 0.176. The molecular weight excluding hydrogens is 310 g/mol. The van der Waals surface area contributed by atoms with E-state index in [2.05, 4.69) is 15.3 Å². The quantitative estimate of drug-likeness (QED) is 0.600. The zero-order chi connectivity index (χ0) is 16.9. The number of aromatic amines is 2. The molecule has 1 aromatic heterocycles. The topological polar surface area (TPSA) is 96.2 Å². The van der Waals surface area contributed by atoms with Crippen LogP contribution in [0.2, 0.25) is 0 Å². The number of rotatable bonds is 6. The Bertz CT molecular complexity index is 896. The Morgan fingerprint density at radius 2 is 1.83 bits per heavy atom. The number of nitrogens with one attached hydrogen (secondary N) is 3. The molecule has 3 N–H and O–H groups in total. The second kappa shape index (κ2) is 6.91. The predicted octanol–water partition coefficient (Wildman–Crippen LogP) is 1.67. The van der Waals surface area contributed by atoms with Crippen molar-refractivity contribution in [2.75, 3.05) is 20.3 Å². The summed E-state index contributed by atoms with van der Waals surface area (Å²) in [7, 11) is 1.60. The number of benzene rings is 2. The van der Waals surface area contributed by atoms with Gasteiger partial charge in [0.25, 0.3) is 5.91 Å². The first-order valence-electron chi connectivity index (χ1n) is 7.43. The number of fused-ring (bicyclic) bond motifs is 1. The molecule has 1 heterocycles. The van der Waals surface area contributed by atoms with Crippen LogP contribution in [0.25, 0.3) is 11.0 Å². The Kier molecular flexibility index (Phi) is 4.51. The third-order valence-electron chi connectivity index (χ3n) is 3.51. The van der Waals surface area contributed by atoms with Crippen LogP contribution in [0.5, 0.6) is 11.5 Å². The molecule has 3 rings (SSSR count). The van der Waals surface area contributed by atoms with Gasteiger partial charge in [-0.25, -0.2) is 4.79 Å². The van der Waals surface area contributed by atoms with Crippen molar-refractivity contribution in [2.24, 2.45) is 0 Å². The highest BCUT2D eigenvalue weighted by Gasteiger charge is 2.11. The standard InChI is InChI=1S/C17H17N3O4/c1-23-11-5-7-12(8-6-11)24-10-9-18-16(21)13-3-2-4-14-15(13)20-17(22)19-14/h2-8H,9-10H2,1H3,(H,18,21)(H2,19,20,22). The summed E-state index contributed by atoms with van der Waals surface area (Å²) >= 11 is 0. The highest BCUT2D eigenvalue weighted by molar-refractivity contribution is 6.04. The molecule has 0 saturated heterocycles. The van der Waals surface area contributed by atoms with Crippen molar-refractivity contribution in [3.05, 3.63) is 58.5 Å². The smallest absolute Gasteiger partial charge is 0.323 e. The first kappa shape index (κ1) is 15.7. The second-order valence-corrected chi connectivity index (χ2v) is 5.09. The van der Waals surface area contributed by atoms with Crippen molar-refractivity contribution in [1.29, 1.82) is 0 Å². The fourth-order valence-electron chi connectivity index (χ4n) is 2.35. The molecule has 7 nitrogen and oxygen atoms in total. The number of para-hydroxylation sites is 1. The fourth-order valence-corrected chi connectivity index (χ4v) is 2.35. The predicted molar refractivity (Wildman–Crippen MR) is 89.7 cm³/mol. The average Bonchev–Trinajstić information content (AvgIpc) is 2.99. The summed E-state index contributed by atoms with van der Waals surface area (Å²) in [5.74, 6) is 1.18. The maximum atomic E-state index is 12.2. The number of imidazole rings is 1. The Morgan fingerprint density at radius 1 is 1.08 bits per heavy atom. The summed E-state index contributed by atoms with van der Waals surface area (Å²) in [6.07, 6.45) is 0. The Hall–Kier alpha value is -3.22. The van der Waals surface area contributed by atoms with E-state index in [4.69, 9.17) is 9.47 Å². The molecule has 0 aliphatic heterocycles. The zero-order valence-corrected chi connectivity index (χ0v) is 13.1. The molecule has 0 aliphatic carbocycles. The van der Waals surface area contributed by atoms with Gasteiger partial charge in [-0.2, -0.15) is 0 Å². The van der Waals surface area contributed by atoms with Gasteiger partial charge in [-0.15, -0.1) is 0 Å². The highest BCUT2D eigenvalue weighted by atomic mass is 16.5. The Balaban J connectivity index is 1.56. The summed E-state index contributed by atoms with van der Waals surface area (Å²) in [4.78, 5) is 28.8. The lowest BCUT2D eigenvalue weighted by molar-refractivity contribution is 0.0948. The van der Waals surface area contributed by atoms with Gasteiger partial charge in [0.05, 0.1) is 30.3 Å². The molecule has 2 aromatic carbocycles. The number of carbonyl (C=O) groups excluding carboxylic acids is 1. The van der Waals surface area contributed by atoms with E-state index in [-0.39, 0.29) is 11.6 Å². The van der Waals surface area contributed by atoms with Crippen LogP contribution in [0.1, 0.15) is 10.4 Å². The number of aromatic nitrogens is 2. The molecule has 0 radical (unpaired) electrons. The Labute approximate surface area is 137 Å². The second-order valence-electron chi connectivity index (χ2n) is 5.09. The Morgan fingerprint density at radius 3 is 2.58 bits per heavy atom. The van der Waals surface area contributed by atoms with Crippen LogP contribution in [0.3, 0.4) is 0 Å². The molecule has 24 heavy (non-hydrogen) atoms. The number of hydrogen-bond donors (Lipinski definition) is 3. The largest absolute Gasteiger partial charge is 0.497 e. The monoisotopic (exact) mass is 327 g/mol. The van der Waals surface area contributed by atoms with E-state index in [1.54, 1.807) is 49.6 Å². The van der Waals surface area contributed by atoms with E-state index < -0.39 is 0 Å². The molecule has 0 saturated carbocycles. The molecule has 0 unspecified atom stereocenters. The highest BCUT2D eigenvalue weighted by Crippen LogP contribution is 2.16. The van der Waals surface area contributed by atoms with Gasteiger partial charge in [0.1, 0.15) is 18.1 Å². The van der Waals surface area contributed by atoms with Crippen LogP contribution >= 0.6 is 0 Å². The van der Waals surface area contributed by atoms with E-state index in [0.29, 0.717) is 35.5 Å². The van der Waals surface area contributed by atoms with E-state index in [9.17, 15) is 9.59 Å². The normalized spacial score (nSPS) is 10.5. The van der Waals surface area contributed by atoms with Crippen LogP contribution in [0.4, 0.5) is 0 Å². The molecule has 3 aromatic rings. The lowest BCUT2D eigenvalue weighted by Crippen LogP contribution is -2.28. The molecule has 0 fully saturated rings. The van der Waals surface area contributed by atoms with Crippen LogP contribution in [-0.2, 0) is 0 Å². The third-order valence-corrected chi connectivity index (χ3v) is 3.51. The van der Waals surface area contributed by atoms with Crippen molar-refractivity contribution in [2.45, 2.75) is 0 Å². The maximum absolute atomic E-state index is 12.2. The number of methoxy groups -OCH3 is 1. The minimum Gasteiger partial charge on any atom is -0.497 e. The third kappa shape index (κ3) is 3.40. The first-order chi connectivity index (χ1) is 11.7. The van der Waals surface area contributed by atoms with Crippen molar-refractivity contribution >= 4 is 16.9 Å². The van der Waals surface area contributed by atoms with Gasteiger partial charge < -0.3 is 24.8 Å². The molecular formula is C17H17N3O4. The number of amides is 1. The van der Waals surface area contributed by atoms with Gasteiger partial charge in [0.15, 0.2) is 0 Å². The first-order valence-corrected chi connectivity index (χ1v) is 7.43. The van der Waals surface area contributed by atoms with Gasteiger partial charge in [0, 0.05) is 0 Å². The number of H-pyrrole nitrogens is 2. The lowest BCUT2D eigenvalue weighted by atomic mass is 10.1. The van der Waals surface area contributed by atoms with Crippen LogP contribution in [0, 0.1) is 0 Å². The number of ether oxygens (including phenoxy) is 2. The maximum Gasteiger partial charge on any atom is 0.323 e. The molecule has 0 bridgehead atoms. The molecule has 1 amide bonds. The number of carbonyl (C=O) groups is 1. The molecule has 7 heteroatoms. The van der Waals surface area contributed by atoms with Crippen molar-refractivity contribution in [3.8, 4) is 11.5 Å². The molecule has 0 spiro atoms. The summed E-state index contributed by atoms with van der Waals surface area (Å²) in [5, 5.41) is 2.77. The zero-order valence-electron chi connectivity index (χ0n) is 13.1. The van der Waals surface area contributed by atoms with Gasteiger partial charge in [-0.05, 0) is 36.4 Å².